The van der Waals surface area contributed by atoms with Crippen molar-refractivity contribution in [1.82, 2.24) is 9.55 Å². The molecular formula is C22H21ClN2O3. The summed E-state index contributed by atoms with van der Waals surface area (Å²) < 4.78 is 7.09. The number of aryl methyl sites for hydroxylation is 1. The third-order valence-electron chi connectivity index (χ3n) is 4.33. The van der Waals surface area contributed by atoms with E-state index in [-0.39, 0.29) is 18.8 Å². The van der Waals surface area contributed by atoms with Crippen molar-refractivity contribution in [1.29, 1.82) is 0 Å². The molecule has 3 rings (SSSR count). The molecule has 0 unspecified atom stereocenters. The van der Waals surface area contributed by atoms with Crippen LogP contribution >= 0.6 is 11.6 Å². The Labute approximate surface area is 168 Å². The van der Waals surface area contributed by atoms with Gasteiger partial charge in [-0.3, -0.25) is 9.78 Å². The van der Waals surface area contributed by atoms with Crippen molar-refractivity contribution in [3.8, 4) is 16.8 Å². The highest BCUT2D eigenvalue weighted by atomic mass is 35.5. The molecule has 2 aromatic heterocycles. The van der Waals surface area contributed by atoms with E-state index in [0.29, 0.717) is 21.8 Å². The maximum Gasteiger partial charge on any atom is 0.340 e. The van der Waals surface area contributed by atoms with E-state index in [4.69, 9.17) is 16.3 Å². The SMILES string of the molecule is CCOC(=O)c1cn(-c2cc(CC(C)=O)ncc2C)cc1-c1ccccc1Cl. The van der Waals surface area contributed by atoms with E-state index >= 15 is 0 Å². The third kappa shape index (κ3) is 4.15. The number of rotatable bonds is 6. The molecule has 1 aromatic carbocycles. The molecule has 0 amide bonds. The Morgan fingerprint density at radius 1 is 1.18 bits per heavy atom. The number of Topliss-reactive ketones (excluding diaryl/α,β-unsaturated/α-hetero) is 1. The average molecular weight is 397 g/mol. The molecule has 0 N–H and O–H groups in total. The molecule has 0 aliphatic rings. The number of halogens is 1. The van der Waals surface area contributed by atoms with Gasteiger partial charge in [0.25, 0.3) is 0 Å². The summed E-state index contributed by atoms with van der Waals surface area (Å²) in [5.74, 6) is -0.370. The van der Waals surface area contributed by atoms with Gasteiger partial charge in [0.1, 0.15) is 5.78 Å². The molecule has 5 nitrogen and oxygen atoms in total. The number of pyridine rings is 1. The van der Waals surface area contributed by atoms with Gasteiger partial charge in [-0.2, -0.15) is 0 Å². The molecule has 2 heterocycles. The number of esters is 1. The van der Waals surface area contributed by atoms with Crippen LogP contribution in [0.5, 0.6) is 0 Å². The van der Waals surface area contributed by atoms with Gasteiger partial charge in [-0.05, 0) is 38.5 Å². The van der Waals surface area contributed by atoms with Gasteiger partial charge in [-0.1, -0.05) is 29.8 Å². The van der Waals surface area contributed by atoms with E-state index in [1.165, 1.54) is 6.92 Å². The molecule has 0 saturated heterocycles. The molecule has 3 aromatic rings. The van der Waals surface area contributed by atoms with Crippen LogP contribution in [0.3, 0.4) is 0 Å². The number of ether oxygens (including phenoxy) is 1. The van der Waals surface area contributed by atoms with Gasteiger partial charge in [0, 0.05) is 46.9 Å². The molecule has 144 valence electrons. The highest BCUT2D eigenvalue weighted by Gasteiger charge is 2.20. The van der Waals surface area contributed by atoms with Crippen molar-refractivity contribution in [2.45, 2.75) is 27.2 Å². The Hall–Kier alpha value is -2.92. The van der Waals surface area contributed by atoms with Crippen molar-refractivity contribution in [3.63, 3.8) is 0 Å². The number of carbonyl (C=O) groups excluding carboxylic acids is 2. The average Bonchev–Trinajstić information content (AvgIpc) is 3.08. The normalized spacial score (nSPS) is 10.7. The molecule has 0 spiro atoms. The van der Waals surface area contributed by atoms with E-state index in [2.05, 4.69) is 4.98 Å². The lowest BCUT2D eigenvalue weighted by Gasteiger charge is -2.09. The summed E-state index contributed by atoms with van der Waals surface area (Å²) >= 11 is 6.37. The number of aromatic nitrogens is 2. The van der Waals surface area contributed by atoms with Gasteiger partial charge in [-0.15, -0.1) is 0 Å². The van der Waals surface area contributed by atoms with Crippen LogP contribution < -0.4 is 0 Å². The van der Waals surface area contributed by atoms with Crippen molar-refractivity contribution < 1.29 is 14.3 Å². The summed E-state index contributed by atoms with van der Waals surface area (Å²) in [4.78, 5) is 28.3. The number of nitrogens with zero attached hydrogens (tertiary/aromatic N) is 2. The fraction of sp³-hybridized carbons (Fsp3) is 0.227. The van der Waals surface area contributed by atoms with Gasteiger partial charge in [-0.25, -0.2) is 4.79 Å². The van der Waals surface area contributed by atoms with Crippen molar-refractivity contribution in [2.75, 3.05) is 6.61 Å². The molecule has 0 fully saturated rings. The Balaban J connectivity index is 2.16. The number of ketones is 1. The fourth-order valence-electron chi connectivity index (χ4n) is 3.04. The molecule has 0 aliphatic carbocycles. The van der Waals surface area contributed by atoms with Crippen LogP contribution in [-0.2, 0) is 16.0 Å². The predicted octanol–water partition coefficient (Wildman–Crippen LogP) is 4.81. The zero-order valence-electron chi connectivity index (χ0n) is 16.0. The number of hydrogen-bond donors (Lipinski definition) is 0. The summed E-state index contributed by atoms with van der Waals surface area (Å²) in [7, 11) is 0. The predicted molar refractivity (Wildman–Crippen MR) is 109 cm³/mol. The first-order chi connectivity index (χ1) is 13.4. The van der Waals surface area contributed by atoms with Crippen molar-refractivity contribution in [2.24, 2.45) is 0 Å². The van der Waals surface area contributed by atoms with Gasteiger partial charge in [0.2, 0.25) is 0 Å². The Bertz CT molecular complexity index is 1040. The van der Waals surface area contributed by atoms with Crippen molar-refractivity contribution in [3.05, 3.63) is 70.8 Å². The molecular weight excluding hydrogens is 376 g/mol. The topological polar surface area (TPSA) is 61.2 Å². The maximum absolute atomic E-state index is 12.6. The van der Waals surface area contributed by atoms with Crippen LogP contribution in [0.1, 0.15) is 35.5 Å². The third-order valence-corrected chi connectivity index (χ3v) is 4.66. The van der Waals surface area contributed by atoms with Crippen molar-refractivity contribution >= 4 is 23.4 Å². The molecule has 0 aliphatic heterocycles. The standard InChI is InChI=1S/C22H21ClN2O3/c1-4-28-22(27)19-13-25(12-18(19)17-7-5-6-8-20(17)23)21-10-16(9-15(3)26)24-11-14(21)2/h5-8,10-13H,4,9H2,1-3H3. The zero-order valence-corrected chi connectivity index (χ0v) is 16.8. The first kappa shape index (κ1) is 19.8. The van der Waals surface area contributed by atoms with Gasteiger partial charge in [0.05, 0.1) is 17.9 Å². The lowest BCUT2D eigenvalue weighted by atomic mass is 10.0. The van der Waals surface area contributed by atoms with E-state index in [1.807, 2.05) is 42.0 Å². The van der Waals surface area contributed by atoms with Gasteiger partial charge < -0.3 is 9.30 Å². The summed E-state index contributed by atoms with van der Waals surface area (Å²) in [6.07, 6.45) is 5.58. The summed E-state index contributed by atoms with van der Waals surface area (Å²) in [5.41, 5.74) is 4.31. The quantitative estimate of drug-likeness (QED) is 0.561. The summed E-state index contributed by atoms with van der Waals surface area (Å²) in [5, 5.41) is 0.550. The largest absolute Gasteiger partial charge is 0.462 e. The lowest BCUT2D eigenvalue weighted by molar-refractivity contribution is -0.116. The minimum atomic E-state index is -0.410. The van der Waals surface area contributed by atoms with E-state index in [0.717, 1.165) is 16.8 Å². The smallest absolute Gasteiger partial charge is 0.340 e. The molecule has 0 saturated carbocycles. The molecule has 0 radical (unpaired) electrons. The summed E-state index contributed by atoms with van der Waals surface area (Å²) in [6.45, 7) is 5.51. The fourth-order valence-corrected chi connectivity index (χ4v) is 3.28. The van der Waals surface area contributed by atoms with Gasteiger partial charge >= 0.3 is 5.97 Å². The minimum absolute atomic E-state index is 0.0405. The highest BCUT2D eigenvalue weighted by molar-refractivity contribution is 6.33. The Morgan fingerprint density at radius 3 is 2.61 bits per heavy atom. The highest BCUT2D eigenvalue weighted by Crippen LogP contribution is 2.33. The van der Waals surface area contributed by atoms with E-state index in [9.17, 15) is 9.59 Å². The molecule has 0 bridgehead atoms. The molecule has 28 heavy (non-hydrogen) atoms. The van der Waals surface area contributed by atoms with E-state index in [1.54, 1.807) is 25.4 Å². The first-order valence-electron chi connectivity index (χ1n) is 9.00. The number of carbonyl (C=O) groups is 2. The Kier molecular flexibility index (Phi) is 5.95. The zero-order chi connectivity index (χ0) is 20.3. The van der Waals surface area contributed by atoms with Crippen LogP contribution in [0.15, 0.2) is 48.9 Å². The van der Waals surface area contributed by atoms with Crippen LogP contribution in [-0.4, -0.2) is 27.9 Å². The second kappa shape index (κ2) is 8.40. The van der Waals surface area contributed by atoms with Crippen LogP contribution in [0.4, 0.5) is 0 Å². The Morgan fingerprint density at radius 2 is 1.93 bits per heavy atom. The van der Waals surface area contributed by atoms with Gasteiger partial charge in [0.15, 0.2) is 0 Å². The second-order valence-corrected chi connectivity index (χ2v) is 6.94. The van der Waals surface area contributed by atoms with Crippen LogP contribution in [0.25, 0.3) is 16.8 Å². The molecule has 6 heteroatoms. The number of benzene rings is 1. The summed E-state index contributed by atoms with van der Waals surface area (Å²) in [6, 6.07) is 9.23. The minimum Gasteiger partial charge on any atom is -0.462 e. The number of hydrogen-bond acceptors (Lipinski definition) is 4. The lowest BCUT2D eigenvalue weighted by Crippen LogP contribution is -2.05. The maximum atomic E-state index is 12.6. The monoisotopic (exact) mass is 396 g/mol. The van der Waals surface area contributed by atoms with E-state index < -0.39 is 5.97 Å². The van der Waals surface area contributed by atoms with Crippen LogP contribution in [0, 0.1) is 6.92 Å². The molecule has 0 atom stereocenters. The second-order valence-electron chi connectivity index (χ2n) is 6.53. The first-order valence-corrected chi connectivity index (χ1v) is 9.37. The van der Waals surface area contributed by atoms with Crippen LogP contribution in [0.2, 0.25) is 5.02 Å².